The van der Waals surface area contributed by atoms with E-state index in [0.717, 1.165) is 12.6 Å². The molecule has 1 nitrogen and oxygen atoms in total. The van der Waals surface area contributed by atoms with Crippen LogP contribution in [0.3, 0.4) is 0 Å². The Morgan fingerprint density at radius 1 is 1.47 bits per heavy atom. The van der Waals surface area contributed by atoms with Crippen LogP contribution in [0.1, 0.15) is 30.9 Å². The lowest BCUT2D eigenvalue weighted by Gasteiger charge is -2.21. The third kappa shape index (κ3) is 2.61. The normalized spacial score (nSPS) is 22.2. The fourth-order valence-electron chi connectivity index (χ4n) is 2.23. The summed E-state index contributed by atoms with van der Waals surface area (Å²) in [7, 11) is 0. The molecule has 15 heavy (non-hydrogen) atoms. The van der Waals surface area contributed by atoms with Gasteiger partial charge < -0.3 is 0 Å². The molecule has 2 heteroatoms. The monoisotopic (exact) mass is 267 g/mol. The molecule has 1 aliphatic heterocycles. The van der Waals surface area contributed by atoms with Crippen molar-refractivity contribution in [3.8, 4) is 0 Å². The van der Waals surface area contributed by atoms with Crippen LogP contribution in [0.2, 0.25) is 0 Å². The van der Waals surface area contributed by atoms with Crippen molar-refractivity contribution in [3.63, 3.8) is 0 Å². The van der Waals surface area contributed by atoms with E-state index in [1.54, 1.807) is 0 Å². The molecule has 1 aromatic rings. The number of benzene rings is 1. The van der Waals surface area contributed by atoms with E-state index in [9.17, 15) is 0 Å². The molecular weight excluding hydrogens is 250 g/mol. The molecule has 1 fully saturated rings. The van der Waals surface area contributed by atoms with Gasteiger partial charge in [-0.05, 0) is 50.4 Å². The molecule has 1 aromatic carbocycles. The van der Waals surface area contributed by atoms with Gasteiger partial charge in [-0.1, -0.05) is 28.1 Å². The van der Waals surface area contributed by atoms with Crippen LogP contribution in [0.15, 0.2) is 22.7 Å². The lowest BCUT2D eigenvalue weighted by Crippen LogP contribution is -2.26. The topological polar surface area (TPSA) is 3.24 Å². The summed E-state index contributed by atoms with van der Waals surface area (Å²) in [6.07, 6.45) is 2.70. The van der Waals surface area contributed by atoms with E-state index in [1.165, 1.54) is 35.0 Å². The van der Waals surface area contributed by atoms with E-state index in [0.29, 0.717) is 0 Å². The molecule has 0 bridgehead atoms. The zero-order chi connectivity index (χ0) is 10.8. The molecule has 0 aromatic heterocycles. The Morgan fingerprint density at radius 2 is 2.27 bits per heavy atom. The number of nitrogens with zero attached hydrogens (tertiary/aromatic N) is 1. The first kappa shape index (κ1) is 11.2. The number of aryl methyl sites for hydroxylation is 1. The molecule has 0 N–H and O–H groups in total. The van der Waals surface area contributed by atoms with Gasteiger partial charge in [-0.15, -0.1) is 0 Å². The zero-order valence-corrected chi connectivity index (χ0v) is 11.0. The average Bonchev–Trinajstić information content (AvgIpc) is 2.57. The van der Waals surface area contributed by atoms with Crippen LogP contribution in [0.5, 0.6) is 0 Å². The van der Waals surface area contributed by atoms with Gasteiger partial charge in [-0.2, -0.15) is 0 Å². The first-order chi connectivity index (χ1) is 7.16. The molecule has 1 aliphatic rings. The molecule has 1 saturated heterocycles. The molecule has 1 heterocycles. The zero-order valence-electron chi connectivity index (χ0n) is 9.46. The molecule has 2 rings (SSSR count). The van der Waals surface area contributed by atoms with E-state index in [4.69, 9.17) is 0 Å². The van der Waals surface area contributed by atoms with E-state index in [-0.39, 0.29) is 0 Å². The Labute approximate surface area is 101 Å². The summed E-state index contributed by atoms with van der Waals surface area (Å²) in [6, 6.07) is 7.39. The largest absolute Gasteiger partial charge is 0.296 e. The van der Waals surface area contributed by atoms with Crippen LogP contribution in [-0.4, -0.2) is 17.5 Å². The Kier molecular flexibility index (Phi) is 3.47. The summed E-state index contributed by atoms with van der Waals surface area (Å²) in [5.74, 6) is 0. The molecule has 0 saturated carbocycles. The lowest BCUT2D eigenvalue weighted by atomic mass is 10.1. The maximum atomic E-state index is 3.65. The van der Waals surface area contributed by atoms with Crippen molar-refractivity contribution in [2.75, 3.05) is 6.54 Å². The van der Waals surface area contributed by atoms with Crippen LogP contribution in [0.4, 0.5) is 0 Å². The maximum Gasteiger partial charge on any atom is 0.0247 e. The van der Waals surface area contributed by atoms with Crippen molar-refractivity contribution >= 4 is 15.9 Å². The molecule has 0 unspecified atom stereocenters. The van der Waals surface area contributed by atoms with Gasteiger partial charge in [0.25, 0.3) is 0 Å². The predicted octanol–water partition coefficient (Wildman–Crippen LogP) is 3.74. The minimum atomic E-state index is 0.748. The average molecular weight is 268 g/mol. The molecule has 0 radical (unpaired) electrons. The Balaban J connectivity index is 2.10. The van der Waals surface area contributed by atoms with Crippen LogP contribution in [-0.2, 0) is 6.54 Å². The second-order valence-electron chi connectivity index (χ2n) is 4.56. The fourth-order valence-corrected chi connectivity index (χ4v) is 2.85. The number of hydrogen-bond donors (Lipinski definition) is 0. The molecular formula is C13H18BrN. The first-order valence-corrected chi connectivity index (χ1v) is 6.45. The van der Waals surface area contributed by atoms with Crippen LogP contribution in [0.25, 0.3) is 0 Å². The van der Waals surface area contributed by atoms with Crippen molar-refractivity contribution in [2.45, 2.75) is 39.3 Å². The van der Waals surface area contributed by atoms with Crippen molar-refractivity contribution < 1.29 is 0 Å². The molecule has 0 aliphatic carbocycles. The SMILES string of the molecule is Cc1ccc(CN2CCC[C@@H]2C)c(Br)c1. The summed E-state index contributed by atoms with van der Waals surface area (Å²) >= 11 is 3.65. The Hall–Kier alpha value is -0.340. The van der Waals surface area contributed by atoms with Crippen molar-refractivity contribution in [1.82, 2.24) is 4.90 Å². The van der Waals surface area contributed by atoms with Crippen molar-refractivity contribution in [2.24, 2.45) is 0 Å². The fraction of sp³-hybridized carbons (Fsp3) is 0.538. The summed E-state index contributed by atoms with van der Waals surface area (Å²) in [6.45, 7) is 6.80. The van der Waals surface area contributed by atoms with E-state index < -0.39 is 0 Å². The number of rotatable bonds is 2. The molecule has 0 amide bonds. The Bertz CT molecular complexity index is 348. The summed E-state index contributed by atoms with van der Waals surface area (Å²) < 4.78 is 1.25. The van der Waals surface area contributed by atoms with Gasteiger partial charge in [-0.3, -0.25) is 4.90 Å². The highest BCUT2D eigenvalue weighted by molar-refractivity contribution is 9.10. The van der Waals surface area contributed by atoms with Gasteiger partial charge in [0, 0.05) is 17.1 Å². The van der Waals surface area contributed by atoms with Gasteiger partial charge >= 0.3 is 0 Å². The van der Waals surface area contributed by atoms with Gasteiger partial charge in [0.15, 0.2) is 0 Å². The van der Waals surface area contributed by atoms with Crippen LogP contribution in [0, 0.1) is 6.92 Å². The number of hydrogen-bond acceptors (Lipinski definition) is 1. The third-order valence-electron chi connectivity index (χ3n) is 3.27. The third-order valence-corrected chi connectivity index (χ3v) is 4.01. The standard InChI is InChI=1S/C13H18BrN/c1-10-5-6-12(13(14)8-10)9-15-7-3-4-11(15)2/h5-6,8,11H,3-4,7,9H2,1-2H3/t11-/m0/s1. The van der Waals surface area contributed by atoms with Crippen LogP contribution >= 0.6 is 15.9 Å². The highest BCUT2D eigenvalue weighted by Gasteiger charge is 2.20. The van der Waals surface area contributed by atoms with Gasteiger partial charge in [-0.25, -0.2) is 0 Å². The number of halogens is 1. The van der Waals surface area contributed by atoms with Gasteiger partial charge in [0.05, 0.1) is 0 Å². The second kappa shape index (κ2) is 4.67. The predicted molar refractivity (Wildman–Crippen MR) is 68.0 cm³/mol. The second-order valence-corrected chi connectivity index (χ2v) is 5.41. The smallest absolute Gasteiger partial charge is 0.0247 e. The minimum absolute atomic E-state index is 0.748. The van der Waals surface area contributed by atoms with Gasteiger partial charge in [0.2, 0.25) is 0 Å². The van der Waals surface area contributed by atoms with Gasteiger partial charge in [0.1, 0.15) is 0 Å². The quantitative estimate of drug-likeness (QED) is 0.789. The molecule has 82 valence electrons. The highest BCUT2D eigenvalue weighted by atomic mass is 79.9. The minimum Gasteiger partial charge on any atom is -0.296 e. The van der Waals surface area contributed by atoms with E-state index in [1.807, 2.05) is 0 Å². The molecule has 1 atom stereocenters. The summed E-state index contributed by atoms with van der Waals surface area (Å²) in [5, 5.41) is 0. The molecule has 0 spiro atoms. The highest BCUT2D eigenvalue weighted by Crippen LogP contribution is 2.24. The van der Waals surface area contributed by atoms with E-state index >= 15 is 0 Å². The number of likely N-dealkylation sites (tertiary alicyclic amines) is 1. The first-order valence-electron chi connectivity index (χ1n) is 5.66. The lowest BCUT2D eigenvalue weighted by molar-refractivity contribution is 0.260. The van der Waals surface area contributed by atoms with E-state index in [2.05, 4.69) is 52.9 Å². The van der Waals surface area contributed by atoms with Crippen molar-refractivity contribution in [3.05, 3.63) is 33.8 Å². The van der Waals surface area contributed by atoms with Crippen LogP contribution < -0.4 is 0 Å². The summed E-state index contributed by atoms with van der Waals surface area (Å²) in [5.41, 5.74) is 2.73. The van der Waals surface area contributed by atoms with Crippen molar-refractivity contribution in [1.29, 1.82) is 0 Å². The maximum absolute atomic E-state index is 3.65. The Morgan fingerprint density at radius 3 is 2.87 bits per heavy atom. The summed E-state index contributed by atoms with van der Waals surface area (Å²) in [4.78, 5) is 2.56.